The fourth-order valence-corrected chi connectivity index (χ4v) is 2.07. The predicted molar refractivity (Wildman–Crippen MR) is 87.2 cm³/mol. The van der Waals surface area contributed by atoms with Crippen LogP contribution in [0.3, 0.4) is 0 Å². The number of benzene rings is 2. The van der Waals surface area contributed by atoms with Gasteiger partial charge >= 0.3 is 57.4 Å². The van der Waals surface area contributed by atoms with E-state index in [1.807, 2.05) is 0 Å². The smallest absolute Gasteiger partial charge is 0.546 e. The summed E-state index contributed by atoms with van der Waals surface area (Å²) < 4.78 is 4.82. The molecule has 0 aliphatic rings. The van der Waals surface area contributed by atoms with Crippen molar-refractivity contribution in [1.82, 2.24) is 0 Å². The summed E-state index contributed by atoms with van der Waals surface area (Å²) in [6.45, 7) is 0. The third-order valence-corrected chi connectivity index (χ3v) is 3.39. The van der Waals surface area contributed by atoms with Crippen LogP contribution >= 0.6 is 0 Å². The first-order valence-electron chi connectivity index (χ1n) is 7.38. The largest absolute Gasteiger partial charge is 1.00 e. The molecule has 2 aromatic rings. The number of aromatic hydroxyl groups is 4. The van der Waals surface area contributed by atoms with Crippen LogP contribution in [0.5, 0.6) is 23.0 Å². The molecule has 136 valence electrons. The molecule has 0 aliphatic heterocycles. The molecule has 0 aliphatic carbocycles. The monoisotopic (exact) mass is 398 g/mol. The molecule has 27 heavy (non-hydrogen) atoms. The van der Waals surface area contributed by atoms with E-state index in [1.165, 1.54) is 36.4 Å². The van der Waals surface area contributed by atoms with Crippen molar-refractivity contribution in [1.29, 1.82) is 0 Å². The number of hydrogen-bond donors (Lipinski definition) is 4. The van der Waals surface area contributed by atoms with Crippen LogP contribution in [0.15, 0.2) is 42.5 Å². The van der Waals surface area contributed by atoms with E-state index in [4.69, 9.17) is 4.74 Å². The minimum absolute atomic E-state index is 0. The number of carboxylic acids is 1. The van der Waals surface area contributed by atoms with Gasteiger partial charge in [-0.3, -0.25) is 0 Å². The second-order valence-corrected chi connectivity index (χ2v) is 5.35. The van der Waals surface area contributed by atoms with Gasteiger partial charge in [0.15, 0.2) is 23.0 Å². The summed E-state index contributed by atoms with van der Waals surface area (Å²) in [6, 6.07) is 7.54. The van der Waals surface area contributed by atoms with Crippen LogP contribution in [0.1, 0.15) is 11.1 Å². The van der Waals surface area contributed by atoms with Gasteiger partial charge in [-0.25, -0.2) is 4.79 Å². The molecule has 0 spiro atoms. The normalized spacial score (nSPS) is 11.6. The Hall–Kier alpha value is -2.04. The van der Waals surface area contributed by atoms with Crippen LogP contribution in [0, 0.1) is 0 Å². The molecule has 0 saturated carbocycles. The molecule has 0 heterocycles. The second-order valence-electron chi connectivity index (χ2n) is 5.35. The van der Waals surface area contributed by atoms with E-state index in [9.17, 15) is 35.1 Å². The van der Waals surface area contributed by atoms with E-state index in [1.54, 1.807) is 0 Å². The molecule has 2 rings (SSSR count). The van der Waals surface area contributed by atoms with E-state index in [0.29, 0.717) is 11.1 Å². The average molecular weight is 398 g/mol. The molecule has 0 radical (unpaired) electrons. The van der Waals surface area contributed by atoms with Gasteiger partial charge in [0.2, 0.25) is 0 Å². The van der Waals surface area contributed by atoms with Gasteiger partial charge in [-0.1, -0.05) is 12.1 Å². The molecule has 1 atom stereocenters. The number of phenols is 4. The number of aliphatic carboxylic acids is 1. The van der Waals surface area contributed by atoms with Crippen molar-refractivity contribution in [2.24, 2.45) is 0 Å². The van der Waals surface area contributed by atoms with Crippen molar-refractivity contribution in [2.75, 3.05) is 0 Å². The van der Waals surface area contributed by atoms with Gasteiger partial charge in [0, 0.05) is 12.5 Å². The van der Waals surface area contributed by atoms with Crippen LogP contribution < -0.4 is 56.5 Å². The summed E-state index contributed by atoms with van der Waals surface area (Å²) in [7, 11) is 0. The van der Waals surface area contributed by atoms with Crippen LogP contribution in [-0.4, -0.2) is 38.5 Å². The second kappa shape index (κ2) is 10.3. The van der Waals surface area contributed by atoms with Crippen LogP contribution in [0.4, 0.5) is 0 Å². The van der Waals surface area contributed by atoms with E-state index in [0.717, 1.165) is 12.1 Å². The first kappa shape index (κ1) is 23.0. The zero-order valence-electron chi connectivity index (χ0n) is 14.3. The Balaban J connectivity index is 0.00000364. The maximum atomic E-state index is 11.8. The Morgan fingerprint density at radius 2 is 1.56 bits per heavy atom. The standard InChI is InChI=1S/C18H16O8.K/c19-12-4-1-10(7-14(12)21)3-6-17(23)26-16(18(24)25)9-11-2-5-13(20)15(22)8-11;/h1-8,16,19-22H,9H2,(H,24,25);/q;+1/p-1/b6-3+;/t16-;/m1./s1. The van der Waals surface area contributed by atoms with Crippen molar-refractivity contribution < 1.29 is 91.2 Å². The topological polar surface area (TPSA) is 147 Å². The summed E-state index contributed by atoms with van der Waals surface area (Å²) in [5.41, 5.74) is 0.695. The summed E-state index contributed by atoms with van der Waals surface area (Å²) in [5, 5.41) is 48.4. The predicted octanol–water partition coefficient (Wildman–Crippen LogP) is -2.57. The maximum Gasteiger partial charge on any atom is 1.00 e. The average Bonchev–Trinajstić information content (AvgIpc) is 2.58. The van der Waals surface area contributed by atoms with Crippen LogP contribution in [0.2, 0.25) is 0 Å². The first-order chi connectivity index (χ1) is 12.3. The number of carboxylic acid groups (broad SMARTS) is 1. The number of phenolic OH excluding ortho intramolecular Hbond substituents is 4. The van der Waals surface area contributed by atoms with E-state index in [2.05, 4.69) is 0 Å². The van der Waals surface area contributed by atoms with Crippen molar-refractivity contribution in [3.63, 3.8) is 0 Å². The minimum atomic E-state index is -1.62. The van der Waals surface area contributed by atoms with Crippen LogP contribution in [-0.2, 0) is 20.7 Å². The SMILES string of the molecule is O=C(/C=C/c1ccc(O)c(O)c1)O[C@H](Cc1ccc(O)c(O)c1)C(=O)[O-].[K+]. The molecule has 8 nitrogen and oxygen atoms in total. The van der Waals surface area contributed by atoms with Crippen molar-refractivity contribution >= 4 is 18.0 Å². The van der Waals surface area contributed by atoms with E-state index in [-0.39, 0.29) is 75.1 Å². The summed E-state index contributed by atoms with van der Waals surface area (Å²) in [6.07, 6.45) is 0.343. The number of esters is 1. The van der Waals surface area contributed by atoms with Gasteiger partial charge in [0.25, 0.3) is 0 Å². The molecule has 0 bridgehead atoms. The summed E-state index contributed by atoms with van der Waals surface area (Å²) in [5.74, 6) is -4.08. The molecule has 2 aromatic carbocycles. The van der Waals surface area contributed by atoms with Gasteiger partial charge in [0.05, 0.1) is 5.97 Å². The Bertz CT molecular complexity index is 862. The van der Waals surface area contributed by atoms with Gasteiger partial charge in [-0.15, -0.1) is 0 Å². The molecular weight excluding hydrogens is 383 g/mol. The fraction of sp³-hybridized carbons (Fsp3) is 0.111. The molecule has 9 heteroatoms. The maximum absolute atomic E-state index is 11.8. The Labute approximate surface area is 196 Å². The third-order valence-electron chi connectivity index (χ3n) is 3.39. The van der Waals surface area contributed by atoms with Crippen molar-refractivity contribution in [3.8, 4) is 23.0 Å². The quantitative estimate of drug-likeness (QED) is 0.180. The zero-order chi connectivity index (χ0) is 19.3. The minimum Gasteiger partial charge on any atom is -0.546 e. The molecule has 0 amide bonds. The van der Waals surface area contributed by atoms with Gasteiger partial charge in [0.1, 0.15) is 6.10 Å². The summed E-state index contributed by atoms with van der Waals surface area (Å²) >= 11 is 0. The number of ether oxygens (including phenoxy) is 1. The number of carbonyl (C=O) groups is 2. The van der Waals surface area contributed by atoms with Gasteiger partial charge < -0.3 is 35.1 Å². The molecule has 0 saturated heterocycles. The Morgan fingerprint density at radius 1 is 0.963 bits per heavy atom. The van der Waals surface area contributed by atoms with Crippen molar-refractivity contribution in [2.45, 2.75) is 12.5 Å². The fourth-order valence-electron chi connectivity index (χ4n) is 2.07. The van der Waals surface area contributed by atoms with Gasteiger partial charge in [-0.2, -0.15) is 0 Å². The molecule has 0 unspecified atom stereocenters. The van der Waals surface area contributed by atoms with E-state index >= 15 is 0 Å². The Morgan fingerprint density at radius 3 is 2.11 bits per heavy atom. The third kappa shape index (κ3) is 6.88. The number of hydrogen-bond acceptors (Lipinski definition) is 8. The van der Waals surface area contributed by atoms with Crippen LogP contribution in [0.25, 0.3) is 6.08 Å². The number of carbonyl (C=O) groups excluding carboxylic acids is 2. The first-order valence-corrected chi connectivity index (χ1v) is 7.38. The Kier molecular flexibility index (Phi) is 8.80. The molecule has 4 N–H and O–H groups in total. The van der Waals surface area contributed by atoms with Gasteiger partial charge in [-0.05, 0) is 41.5 Å². The zero-order valence-corrected chi connectivity index (χ0v) is 17.4. The molecule has 0 aromatic heterocycles. The summed E-state index contributed by atoms with van der Waals surface area (Å²) in [4.78, 5) is 23.0. The molecule has 0 fully saturated rings. The van der Waals surface area contributed by atoms with Crippen molar-refractivity contribution in [3.05, 3.63) is 53.6 Å². The van der Waals surface area contributed by atoms with E-state index < -0.39 is 23.8 Å². The number of rotatable bonds is 6. The molecular formula is C18H15KO8.